The summed E-state index contributed by atoms with van der Waals surface area (Å²) in [6.07, 6.45) is -0.0443. The van der Waals surface area contributed by atoms with Gasteiger partial charge in [0.1, 0.15) is 6.04 Å². The summed E-state index contributed by atoms with van der Waals surface area (Å²) in [5.74, 6) is -0.306. The predicted molar refractivity (Wildman–Crippen MR) is 128 cm³/mol. The van der Waals surface area contributed by atoms with Crippen LogP contribution in [0.3, 0.4) is 0 Å². The molecule has 2 aromatic rings. The van der Waals surface area contributed by atoms with Crippen molar-refractivity contribution in [2.24, 2.45) is 5.41 Å². The quantitative estimate of drug-likeness (QED) is 0.570. The van der Waals surface area contributed by atoms with Crippen LogP contribution in [0, 0.1) is 12.3 Å². The van der Waals surface area contributed by atoms with E-state index in [1.807, 2.05) is 64.4 Å². The van der Waals surface area contributed by atoms with Gasteiger partial charge in [0.25, 0.3) is 6.47 Å². The highest BCUT2D eigenvalue weighted by molar-refractivity contribution is 7.13. The monoisotopic (exact) mass is 475 g/mol. The van der Waals surface area contributed by atoms with Gasteiger partial charge in [-0.2, -0.15) is 0 Å². The number of rotatable bonds is 5. The van der Waals surface area contributed by atoms with Gasteiger partial charge in [-0.05, 0) is 30.4 Å². The first-order chi connectivity index (χ1) is 15.5. The lowest BCUT2D eigenvalue weighted by Crippen LogP contribution is -2.47. The average Bonchev–Trinajstić information content (AvgIpc) is 3.33. The highest BCUT2D eigenvalue weighted by atomic mass is 32.1. The molecule has 0 saturated carbocycles. The van der Waals surface area contributed by atoms with Crippen LogP contribution >= 0.6 is 11.3 Å². The number of amides is 2. The second-order valence-corrected chi connectivity index (χ2v) is 10.3. The molecule has 0 bridgehead atoms. The molecule has 2 heterocycles. The fourth-order valence-electron chi connectivity index (χ4n) is 3.79. The van der Waals surface area contributed by atoms with Crippen molar-refractivity contribution in [1.29, 1.82) is 0 Å². The SMILES string of the molecule is Cc1ncsc1-c1ccc([C@H](C)NC(=O)C2CC(O)CN2C(=O)CC(C)(C)C)cc1.O=CO. The number of aryl methyl sites for hydroxylation is 1. The minimum atomic E-state index is -0.665. The third-order valence-electron chi connectivity index (χ3n) is 5.36. The van der Waals surface area contributed by atoms with E-state index in [2.05, 4.69) is 10.3 Å². The van der Waals surface area contributed by atoms with Crippen molar-refractivity contribution in [3.05, 3.63) is 41.0 Å². The molecule has 1 aliphatic rings. The maximum atomic E-state index is 12.9. The van der Waals surface area contributed by atoms with E-state index in [0.29, 0.717) is 6.42 Å². The zero-order valence-electron chi connectivity index (χ0n) is 19.7. The zero-order chi connectivity index (χ0) is 24.8. The van der Waals surface area contributed by atoms with Crippen LogP contribution in [0.2, 0.25) is 0 Å². The number of benzene rings is 1. The van der Waals surface area contributed by atoms with E-state index >= 15 is 0 Å². The molecule has 3 rings (SSSR count). The standard InChI is InChI=1S/C23H31N3O3S.CH2O2/c1-14(16-6-8-17(9-7-16)21-15(2)24-13-30-21)25-22(29)19-10-18(27)12-26(19)20(28)11-23(3,4)5;2-1-3/h6-9,13-14,18-19,27H,10-12H2,1-5H3,(H,25,29);1H,(H,2,3)/t14-,18?,19?;/m0./s1. The van der Waals surface area contributed by atoms with Gasteiger partial charge in [-0.25, -0.2) is 4.98 Å². The molecule has 2 amide bonds. The Morgan fingerprint density at radius 3 is 2.42 bits per heavy atom. The van der Waals surface area contributed by atoms with Gasteiger partial charge in [0, 0.05) is 19.4 Å². The summed E-state index contributed by atoms with van der Waals surface area (Å²) >= 11 is 1.61. The van der Waals surface area contributed by atoms with E-state index in [9.17, 15) is 14.7 Å². The normalized spacial score (nSPS) is 18.8. The molecule has 9 heteroatoms. The second-order valence-electron chi connectivity index (χ2n) is 9.41. The molecule has 33 heavy (non-hydrogen) atoms. The number of β-amino-alcohol motifs (C(OH)–C–C–N with tert-alkyl or cyclic N) is 1. The molecule has 1 saturated heterocycles. The van der Waals surface area contributed by atoms with Gasteiger partial charge >= 0.3 is 0 Å². The van der Waals surface area contributed by atoms with Crippen LogP contribution in [-0.2, 0) is 14.4 Å². The fraction of sp³-hybridized carbons (Fsp3) is 0.500. The van der Waals surface area contributed by atoms with Crippen molar-refractivity contribution in [3.8, 4) is 10.4 Å². The van der Waals surface area contributed by atoms with Gasteiger partial charge in [-0.3, -0.25) is 14.4 Å². The van der Waals surface area contributed by atoms with Crippen molar-refractivity contribution >= 4 is 29.6 Å². The minimum absolute atomic E-state index is 0.0869. The molecule has 1 aliphatic heterocycles. The first-order valence-electron chi connectivity index (χ1n) is 10.8. The molecule has 3 atom stereocenters. The molecule has 1 aromatic heterocycles. The highest BCUT2D eigenvalue weighted by Gasteiger charge is 2.39. The van der Waals surface area contributed by atoms with E-state index in [4.69, 9.17) is 9.90 Å². The van der Waals surface area contributed by atoms with E-state index in [1.54, 1.807) is 11.3 Å². The summed E-state index contributed by atoms with van der Waals surface area (Å²) < 4.78 is 0. The van der Waals surface area contributed by atoms with Crippen molar-refractivity contribution in [2.45, 2.75) is 65.6 Å². The number of hydrogen-bond acceptors (Lipinski definition) is 6. The number of carbonyl (C=O) groups is 3. The van der Waals surface area contributed by atoms with Gasteiger partial charge < -0.3 is 20.4 Å². The van der Waals surface area contributed by atoms with E-state index in [0.717, 1.165) is 21.7 Å². The van der Waals surface area contributed by atoms with Gasteiger partial charge in [0.2, 0.25) is 11.8 Å². The average molecular weight is 476 g/mol. The largest absolute Gasteiger partial charge is 0.483 e. The number of carbonyl (C=O) groups excluding carboxylic acids is 2. The van der Waals surface area contributed by atoms with Crippen LogP contribution < -0.4 is 5.32 Å². The van der Waals surface area contributed by atoms with Crippen molar-refractivity contribution in [1.82, 2.24) is 15.2 Å². The Morgan fingerprint density at radius 2 is 1.91 bits per heavy atom. The third kappa shape index (κ3) is 7.36. The summed E-state index contributed by atoms with van der Waals surface area (Å²) in [4.78, 5) is 40.9. The summed E-state index contributed by atoms with van der Waals surface area (Å²) in [7, 11) is 0. The van der Waals surface area contributed by atoms with Crippen molar-refractivity contribution < 1.29 is 24.6 Å². The van der Waals surface area contributed by atoms with Gasteiger partial charge in [-0.1, -0.05) is 45.0 Å². The minimum Gasteiger partial charge on any atom is -0.483 e. The lowest BCUT2D eigenvalue weighted by molar-refractivity contribution is -0.140. The summed E-state index contributed by atoms with van der Waals surface area (Å²) in [5.41, 5.74) is 4.77. The number of aliphatic hydroxyl groups excluding tert-OH is 1. The molecule has 2 unspecified atom stereocenters. The Labute approximate surface area is 198 Å². The lowest BCUT2D eigenvalue weighted by Gasteiger charge is -2.28. The highest BCUT2D eigenvalue weighted by Crippen LogP contribution is 2.29. The molecule has 0 spiro atoms. The number of carboxylic acid groups (broad SMARTS) is 1. The van der Waals surface area contributed by atoms with Crippen LogP contribution in [0.4, 0.5) is 0 Å². The van der Waals surface area contributed by atoms with Crippen molar-refractivity contribution in [3.63, 3.8) is 0 Å². The molecule has 0 radical (unpaired) electrons. The molecule has 3 N–H and O–H groups in total. The summed E-state index contributed by atoms with van der Waals surface area (Å²) in [6, 6.07) is 7.26. The molecule has 180 valence electrons. The van der Waals surface area contributed by atoms with E-state index in [1.165, 1.54) is 4.90 Å². The number of likely N-dealkylation sites (tertiary alicyclic amines) is 1. The number of nitrogens with zero attached hydrogens (tertiary/aromatic N) is 2. The molecule has 1 fully saturated rings. The smallest absolute Gasteiger partial charge is 0.290 e. The van der Waals surface area contributed by atoms with Gasteiger partial charge in [0.05, 0.1) is 28.2 Å². The molecular formula is C24H33N3O5S. The Balaban J connectivity index is 0.00000122. The first-order valence-corrected chi connectivity index (χ1v) is 11.7. The Kier molecular flexibility index (Phi) is 9.13. The summed E-state index contributed by atoms with van der Waals surface area (Å²) in [6.45, 7) is 9.86. The predicted octanol–water partition coefficient (Wildman–Crippen LogP) is 3.39. The van der Waals surface area contributed by atoms with Crippen LogP contribution in [0.1, 0.15) is 57.8 Å². The zero-order valence-corrected chi connectivity index (χ0v) is 20.6. The maximum absolute atomic E-state index is 12.9. The van der Waals surface area contributed by atoms with Crippen molar-refractivity contribution in [2.75, 3.05) is 6.54 Å². The number of thiazole rings is 1. The maximum Gasteiger partial charge on any atom is 0.290 e. The third-order valence-corrected chi connectivity index (χ3v) is 6.34. The number of nitrogens with one attached hydrogen (secondary N) is 1. The van der Waals surface area contributed by atoms with Crippen LogP contribution in [0.5, 0.6) is 0 Å². The van der Waals surface area contributed by atoms with Gasteiger partial charge in [0.15, 0.2) is 0 Å². The van der Waals surface area contributed by atoms with Crippen LogP contribution in [-0.4, -0.2) is 57.1 Å². The van der Waals surface area contributed by atoms with Gasteiger partial charge in [-0.15, -0.1) is 11.3 Å². The summed E-state index contributed by atoms with van der Waals surface area (Å²) in [5, 5.41) is 20.0. The molecule has 1 aromatic carbocycles. The van der Waals surface area contributed by atoms with Crippen LogP contribution in [0.15, 0.2) is 29.8 Å². The lowest BCUT2D eigenvalue weighted by atomic mass is 9.91. The Hall–Kier alpha value is -2.78. The number of aliphatic hydroxyl groups is 1. The van der Waals surface area contributed by atoms with E-state index in [-0.39, 0.29) is 42.7 Å². The Bertz CT molecular complexity index is 952. The molecule has 8 nitrogen and oxygen atoms in total. The second kappa shape index (κ2) is 11.4. The number of hydrogen-bond donors (Lipinski definition) is 3. The first kappa shape index (κ1) is 26.5. The fourth-order valence-corrected chi connectivity index (χ4v) is 4.60. The van der Waals surface area contributed by atoms with Crippen LogP contribution in [0.25, 0.3) is 10.4 Å². The molecule has 0 aliphatic carbocycles. The molecular weight excluding hydrogens is 442 g/mol. The topological polar surface area (TPSA) is 120 Å². The Morgan fingerprint density at radius 1 is 1.30 bits per heavy atom. The van der Waals surface area contributed by atoms with E-state index < -0.39 is 12.1 Å². The number of aromatic nitrogens is 1.